The summed E-state index contributed by atoms with van der Waals surface area (Å²) in [6.45, 7) is 3.23. The van der Waals surface area contributed by atoms with Crippen molar-refractivity contribution in [3.05, 3.63) is 52.6 Å². The molecule has 0 aliphatic heterocycles. The van der Waals surface area contributed by atoms with Gasteiger partial charge in [0.05, 0.1) is 10.6 Å². The summed E-state index contributed by atoms with van der Waals surface area (Å²) < 4.78 is 40.1. The van der Waals surface area contributed by atoms with E-state index in [1.165, 1.54) is 19.2 Å². The summed E-state index contributed by atoms with van der Waals surface area (Å²) >= 11 is 5.89. The van der Waals surface area contributed by atoms with Crippen LogP contribution in [-0.2, 0) is 10.0 Å². The third-order valence-electron chi connectivity index (χ3n) is 2.78. The molecule has 0 aliphatic rings. The maximum absolute atomic E-state index is 13.0. The molecule has 0 aliphatic carbocycles. The third-order valence-corrected chi connectivity index (χ3v) is 4.57. The normalized spacial score (nSPS) is 11.4. The highest BCUT2D eigenvalue weighted by molar-refractivity contribution is 7.92. The van der Waals surface area contributed by atoms with Crippen molar-refractivity contribution in [2.24, 2.45) is 0 Å². The van der Waals surface area contributed by atoms with E-state index in [-0.39, 0.29) is 15.7 Å². The largest absolute Gasteiger partial charge is 0.276 e. The van der Waals surface area contributed by atoms with Crippen molar-refractivity contribution in [2.75, 3.05) is 4.72 Å². The molecule has 0 bridgehead atoms. The molecule has 0 saturated heterocycles. The van der Waals surface area contributed by atoms with Crippen LogP contribution in [0.4, 0.5) is 10.1 Å². The van der Waals surface area contributed by atoms with Crippen molar-refractivity contribution in [1.82, 2.24) is 4.98 Å². The molecule has 20 heavy (non-hydrogen) atoms. The van der Waals surface area contributed by atoms with Crippen LogP contribution >= 0.6 is 11.6 Å². The molecule has 2 rings (SSSR count). The lowest BCUT2D eigenvalue weighted by Crippen LogP contribution is -2.15. The molecule has 0 radical (unpaired) electrons. The maximum Gasteiger partial charge on any atom is 0.262 e. The minimum absolute atomic E-state index is 0.00165. The number of nitrogens with one attached hydrogen (secondary N) is 1. The zero-order valence-corrected chi connectivity index (χ0v) is 12.4. The minimum atomic E-state index is -3.85. The van der Waals surface area contributed by atoms with Crippen LogP contribution in [0.5, 0.6) is 0 Å². The van der Waals surface area contributed by atoms with Gasteiger partial charge in [0, 0.05) is 6.20 Å². The van der Waals surface area contributed by atoms with Gasteiger partial charge < -0.3 is 0 Å². The van der Waals surface area contributed by atoms with Gasteiger partial charge in [-0.1, -0.05) is 11.6 Å². The van der Waals surface area contributed by atoms with Gasteiger partial charge in [-0.3, -0.25) is 4.72 Å². The van der Waals surface area contributed by atoms with E-state index in [2.05, 4.69) is 9.71 Å². The number of benzene rings is 1. The Morgan fingerprint density at radius 2 is 1.90 bits per heavy atom. The minimum Gasteiger partial charge on any atom is -0.276 e. The van der Waals surface area contributed by atoms with E-state index < -0.39 is 15.8 Å². The van der Waals surface area contributed by atoms with Crippen LogP contribution in [0.15, 0.2) is 35.4 Å². The number of aromatic nitrogens is 1. The van der Waals surface area contributed by atoms with Crippen LogP contribution < -0.4 is 4.72 Å². The summed E-state index contributed by atoms with van der Waals surface area (Å²) in [5, 5.41) is 0.0633. The summed E-state index contributed by atoms with van der Waals surface area (Å²) in [7, 11) is -3.85. The topological polar surface area (TPSA) is 59.1 Å². The van der Waals surface area contributed by atoms with Gasteiger partial charge in [0.2, 0.25) is 0 Å². The molecule has 0 atom stereocenters. The van der Waals surface area contributed by atoms with Gasteiger partial charge in [-0.2, -0.15) is 0 Å². The average molecular weight is 315 g/mol. The average Bonchev–Trinajstić information content (AvgIpc) is 2.33. The maximum atomic E-state index is 13.0. The molecule has 1 aromatic heterocycles. The van der Waals surface area contributed by atoms with Gasteiger partial charge in [-0.25, -0.2) is 17.8 Å². The Hall–Kier alpha value is -1.66. The van der Waals surface area contributed by atoms with Crippen molar-refractivity contribution in [3.8, 4) is 0 Å². The van der Waals surface area contributed by atoms with E-state index in [9.17, 15) is 12.8 Å². The zero-order chi connectivity index (χ0) is 14.9. The van der Waals surface area contributed by atoms with Crippen LogP contribution in [0.25, 0.3) is 0 Å². The highest BCUT2D eigenvalue weighted by Gasteiger charge is 2.19. The number of anilines is 1. The van der Waals surface area contributed by atoms with E-state index in [4.69, 9.17) is 11.6 Å². The smallest absolute Gasteiger partial charge is 0.262 e. The van der Waals surface area contributed by atoms with Crippen LogP contribution in [-0.4, -0.2) is 13.4 Å². The molecular weight excluding hydrogens is 303 g/mol. The molecule has 1 aromatic carbocycles. The van der Waals surface area contributed by atoms with E-state index in [0.717, 1.165) is 12.1 Å². The van der Waals surface area contributed by atoms with E-state index in [0.29, 0.717) is 11.1 Å². The Kier molecular flexibility index (Phi) is 3.96. The summed E-state index contributed by atoms with van der Waals surface area (Å²) in [6, 6.07) is 5.11. The molecule has 0 unspecified atom stereocenters. The Balaban J connectivity index is 2.46. The van der Waals surface area contributed by atoms with Gasteiger partial charge in [-0.05, 0) is 49.2 Å². The summed E-state index contributed by atoms with van der Waals surface area (Å²) in [5.41, 5.74) is 1.18. The predicted molar refractivity (Wildman–Crippen MR) is 75.9 cm³/mol. The second-order valence-corrected chi connectivity index (χ2v) is 6.32. The fraction of sp³-hybridized carbons (Fsp3) is 0.154. The molecule has 0 saturated carbocycles. The highest BCUT2D eigenvalue weighted by atomic mass is 35.5. The summed E-state index contributed by atoms with van der Waals surface area (Å²) in [6.07, 6.45) is 1.48. The van der Waals surface area contributed by atoms with Crippen molar-refractivity contribution < 1.29 is 12.8 Å². The third kappa shape index (κ3) is 2.91. The fourth-order valence-corrected chi connectivity index (χ4v) is 3.43. The first-order chi connectivity index (χ1) is 9.31. The Bertz CT molecular complexity index is 743. The fourth-order valence-electron chi connectivity index (χ4n) is 1.75. The van der Waals surface area contributed by atoms with E-state index in [1.54, 1.807) is 13.0 Å². The van der Waals surface area contributed by atoms with E-state index in [1.807, 2.05) is 0 Å². The van der Waals surface area contributed by atoms with Crippen molar-refractivity contribution in [1.29, 1.82) is 0 Å². The lowest BCUT2D eigenvalue weighted by atomic mass is 10.2. The van der Waals surface area contributed by atoms with Gasteiger partial charge in [-0.15, -0.1) is 0 Å². The Labute approximate surface area is 121 Å². The second kappa shape index (κ2) is 5.38. The molecule has 0 fully saturated rings. The van der Waals surface area contributed by atoms with Crippen molar-refractivity contribution in [2.45, 2.75) is 18.7 Å². The summed E-state index contributed by atoms with van der Waals surface area (Å²) in [4.78, 5) is 3.83. The quantitative estimate of drug-likeness (QED) is 0.884. The Morgan fingerprint density at radius 3 is 2.50 bits per heavy atom. The Morgan fingerprint density at radius 1 is 1.20 bits per heavy atom. The van der Waals surface area contributed by atoms with Gasteiger partial charge in [0.1, 0.15) is 5.82 Å². The molecule has 106 valence electrons. The van der Waals surface area contributed by atoms with Gasteiger partial charge in [0.25, 0.3) is 10.0 Å². The molecule has 0 spiro atoms. The SMILES string of the molecule is Cc1cc(F)ccc1S(=O)(=O)Nc1c(C)ccnc1Cl. The number of nitrogens with zero attached hydrogens (tertiary/aromatic N) is 1. The van der Waals surface area contributed by atoms with Crippen LogP contribution in [0.1, 0.15) is 11.1 Å². The number of pyridine rings is 1. The number of sulfonamides is 1. The first-order valence-corrected chi connectivity index (χ1v) is 7.57. The van der Waals surface area contributed by atoms with Crippen LogP contribution in [0.3, 0.4) is 0 Å². The monoisotopic (exact) mass is 314 g/mol. The van der Waals surface area contributed by atoms with Crippen molar-refractivity contribution in [3.63, 3.8) is 0 Å². The number of hydrogen-bond acceptors (Lipinski definition) is 3. The number of rotatable bonds is 3. The standard InChI is InChI=1S/C13H12ClFN2O2S/c1-8-5-6-16-13(14)12(8)17-20(18,19)11-4-3-10(15)7-9(11)2/h3-7,17H,1-2H3. The van der Waals surface area contributed by atoms with Gasteiger partial charge >= 0.3 is 0 Å². The number of aryl methyl sites for hydroxylation is 2. The number of halogens is 2. The summed E-state index contributed by atoms with van der Waals surface area (Å²) in [5.74, 6) is -0.489. The molecule has 4 nitrogen and oxygen atoms in total. The zero-order valence-electron chi connectivity index (χ0n) is 10.8. The van der Waals surface area contributed by atoms with Crippen molar-refractivity contribution >= 4 is 27.3 Å². The highest BCUT2D eigenvalue weighted by Crippen LogP contribution is 2.27. The predicted octanol–water partition coefficient (Wildman–Crippen LogP) is 3.29. The van der Waals surface area contributed by atoms with Crippen LogP contribution in [0, 0.1) is 19.7 Å². The van der Waals surface area contributed by atoms with Crippen LogP contribution in [0.2, 0.25) is 5.15 Å². The first-order valence-electron chi connectivity index (χ1n) is 5.71. The van der Waals surface area contributed by atoms with E-state index >= 15 is 0 Å². The molecule has 2 aromatic rings. The molecule has 1 N–H and O–H groups in total. The first kappa shape index (κ1) is 14.7. The second-order valence-electron chi connectivity index (χ2n) is 4.31. The molecule has 1 heterocycles. The molecule has 0 amide bonds. The van der Waals surface area contributed by atoms with Gasteiger partial charge in [0.15, 0.2) is 5.15 Å². The molecular formula is C13H12ClFN2O2S. The molecule has 7 heteroatoms. The number of hydrogen-bond donors (Lipinski definition) is 1. The lowest BCUT2D eigenvalue weighted by Gasteiger charge is -2.13. The lowest BCUT2D eigenvalue weighted by molar-refractivity contribution is 0.598.